The van der Waals surface area contributed by atoms with Gasteiger partial charge in [0, 0.05) is 44.8 Å². The van der Waals surface area contributed by atoms with Crippen LogP contribution in [-0.4, -0.2) is 73.5 Å². The van der Waals surface area contributed by atoms with Crippen molar-refractivity contribution >= 4 is 24.2 Å². The first-order chi connectivity index (χ1) is 12.3. The molecule has 0 aromatic heterocycles. The zero-order valence-electron chi connectivity index (χ0n) is 15.2. The maximum absolute atomic E-state index is 12.6. The van der Waals surface area contributed by atoms with Crippen molar-refractivity contribution in [3.05, 3.63) is 35.9 Å². The number of hydrogen-bond acceptors (Lipinski definition) is 4. The maximum Gasteiger partial charge on any atom is 0.254 e. The highest BCUT2D eigenvalue weighted by atomic mass is 35.5. The summed E-state index contributed by atoms with van der Waals surface area (Å²) < 4.78 is 0. The van der Waals surface area contributed by atoms with Gasteiger partial charge in [-0.2, -0.15) is 0 Å². The van der Waals surface area contributed by atoms with Gasteiger partial charge in [0.2, 0.25) is 5.91 Å². The lowest BCUT2D eigenvalue weighted by molar-refractivity contribution is -0.124. The van der Waals surface area contributed by atoms with Gasteiger partial charge in [0.15, 0.2) is 0 Å². The number of benzene rings is 1. The van der Waals surface area contributed by atoms with Crippen molar-refractivity contribution in [3.63, 3.8) is 0 Å². The fourth-order valence-electron chi connectivity index (χ4n) is 3.60. The highest BCUT2D eigenvalue weighted by Crippen LogP contribution is 2.20. The highest BCUT2D eigenvalue weighted by Gasteiger charge is 2.34. The molecule has 3 rings (SSSR count). The van der Waals surface area contributed by atoms with Crippen LogP contribution in [0.1, 0.15) is 29.6 Å². The van der Waals surface area contributed by atoms with Crippen LogP contribution < -0.4 is 10.6 Å². The van der Waals surface area contributed by atoms with E-state index in [1.165, 1.54) is 0 Å². The van der Waals surface area contributed by atoms with Gasteiger partial charge in [0.05, 0.1) is 0 Å². The maximum atomic E-state index is 12.6. The second-order valence-corrected chi connectivity index (χ2v) is 6.76. The smallest absolute Gasteiger partial charge is 0.254 e. The number of halogens is 1. The van der Waals surface area contributed by atoms with Crippen molar-refractivity contribution in [2.45, 2.75) is 25.3 Å². The van der Waals surface area contributed by atoms with E-state index in [1.807, 2.05) is 30.3 Å². The van der Waals surface area contributed by atoms with E-state index < -0.39 is 0 Å². The summed E-state index contributed by atoms with van der Waals surface area (Å²) in [4.78, 5) is 29.3. The molecule has 144 valence electrons. The van der Waals surface area contributed by atoms with E-state index in [1.54, 1.807) is 4.90 Å². The lowest BCUT2D eigenvalue weighted by Gasteiger charge is -2.27. The number of carbonyl (C=O) groups is 2. The molecule has 2 fully saturated rings. The minimum atomic E-state index is -0.327. The van der Waals surface area contributed by atoms with Gasteiger partial charge in [-0.05, 0) is 37.9 Å². The molecule has 2 aliphatic rings. The molecular weight excluding hydrogens is 352 g/mol. The van der Waals surface area contributed by atoms with Gasteiger partial charge in [-0.25, -0.2) is 0 Å². The molecule has 2 amide bonds. The van der Waals surface area contributed by atoms with Crippen LogP contribution in [0.5, 0.6) is 0 Å². The Hall–Kier alpha value is -1.63. The second kappa shape index (κ2) is 10.5. The lowest BCUT2D eigenvalue weighted by Crippen LogP contribution is -2.47. The molecule has 0 bridgehead atoms. The van der Waals surface area contributed by atoms with Crippen LogP contribution in [0.4, 0.5) is 0 Å². The molecule has 26 heavy (non-hydrogen) atoms. The van der Waals surface area contributed by atoms with Gasteiger partial charge in [-0.1, -0.05) is 18.2 Å². The van der Waals surface area contributed by atoms with Gasteiger partial charge in [-0.15, -0.1) is 12.4 Å². The molecular formula is C19H29ClN4O2. The van der Waals surface area contributed by atoms with Crippen LogP contribution in [0, 0.1) is 0 Å². The van der Waals surface area contributed by atoms with E-state index in [9.17, 15) is 9.59 Å². The molecule has 2 aliphatic heterocycles. The standard InChI is InChI=1S/C19H28N4O2.ClH/c24-18(21-9-5-12-22-14-10-20-11-15-22)17-8-4-13-23(17)19(25)16-6-2-1-3-7-16;/h1-3,6-7,17,20H,4-5,8-15H2,(H,21,24);1H. The van der Waals surface area contributed by atoms with Crippen molar-refractivity contribution in [1.82, 2.24) is 20.4 Å². The summed E-state index contributed by atoms with van der Waals surface area (Å²) >= 11 is 0. The van der Waals surface area contributed by atoms with Gasteiger partial charge in [0.25, 0.3) is 5.91 Å². The van der Waals surface area contributed by atoms with Crippen molar-refractivity contribution in [2.75, 3.05) is 45.8 Å². The third kappa shape index (κ3) is 5.43. The minimum absolute atomic E-state index is 0. The second-order valence-electron chi connectivity index (χ2n) is 6.76. The zero-order chi connectivity index (χ0) is 17.5. The number of hydrogen-bond donors (Lipinski definition) is 2. The fourth-order valence-corrected chi connectivity index (χ4v) is 3.60. The molecule has 1 aromatic rings. The number of likely N-dealkylation sites (tertiary alicyclic amines) is 1. The van der Waals surface area contributed by atoms with Crippen LogP contribution in [-0.2, 0) is 4.79 Å². The average molecular weight is 381 g/mol. The molecule has 0 radical (unpaired) electrons. The van der Waals surface area contributed by atoms with E-state index in [2.05, 4.69) is 15.5 Å². The molecule has 0 saturated carbocycles. The van der Waals surface area contributed by atoms with Crippen LogP contribution >= 0.6 is 12.4 Å². The molecule has 2 heterocycles. The Bertz CT molecular complexity index is 578. The van der Waals surface area contributed by atoms with Crippen molar-refractivity contribution in [3.8, 4) is 0 Å². The predicted octanol–water partition coefficient (Wildman–Crippen LogP) is 1.12. The first-order valence-corrected chi connectivity index (χ1v) is 9.32. The van der Waals surface area contributed by atoms with E-state index in [0.717, 1.165) is 52.0 Å². The molecule has 7 heteroatoms. The summed E-state index contributed by atoms with van der Waals surface area (Å²) in [7, 11) is 0. The largest absolute Gasteiger partial charge is 0.354 e. The number of nitrogens with zero attached hydrogens (tertiary/aromatic N) is 2. The summed E-state index contributed by atoms with van der Waals surface area (Å²) in [5.41, 5.74) is 0.654. The van der Waals surface area contributed by atoms with Crippen LogP contribution in [0.2, 0.25) is 0 Å². The Morgan fingerprint density at radius 3 is 2.58 bits per heavy atom. The molecule has 1 unspecified atom stereocenters. The number of rotatable bonds is 6. The van der Waals surface area contributed by atoms with Crippen LogP contribution in [0.3, 0.4) is 0 Å². The minimum Gasteiger partial charge on any atom is -0.354 e. The first kappa shape index (κ1) is 20.7. The van der Waals surface area contributed by atoms with Gasteiger partial charge < -0.3 is 20.4 Å². The Kier molecular flexibility index (Phi) is 8.35. The molecule has 2 saturated heterocycles. The summed E-state index contributed by atoms with van der Waals surface area (Å²) in [6.07, 6.45) is 2.59. The van der Waals surface area contributed by atoms with Gasteiger partial charge in [-0.3, -0.25) is 9.59 Å². The normalized spacial score (nSPS) is 20.5. The third-order valence-electron chi connectivity index (χ3n) is 5.00. The molecule has 1 atom stereocenters. The summed E-state index contributed by atoms with van der Waals surface area (Å²) in [5.74, 6) is -0.0545. The van der Waals surface area contributed by atoms with E-state index in [4.69, 9.17) is 0 Å². The SMILES string of the molecule is Cl.O=C(NCCCN1CCNCC1)C1CCCN1C(=O)c1ccccc1. The monoisotopic (exact) mass is 380 g/mol. The topological polar surface area (TPSA) is 64.7 Å². The average Bonchev–Trinajstić information content (AvgIpc) is 3.16. The number of piperazine rings is 1. The van der Waals surface area contributed by atoms with E-state index >= 15 is 0 Å². The van der Waals surface area contributed by atoms with E-state index in [0.29, 0.717) is 18.7 Å². The Labute approximate surface area is 161 Å². The number of nitrogens with one attached hydrogen (secondary N) is 2. The quantitative estimate of drug-likeness (QED) is 0.726. The third-order valence-corrected chi connectivity index (χ3v) is 5.00. The predicted molar refractivity (Wildman–Crippen MR) is 105 cm³/mol. The number of carbonyl (C=O) groups excluding carboxylic acids is 2. The lowest BCUT2D eigenvalue weighted by atomic mass is 10.1. The van der Waals surface area contributed by atoms with Gasteiger partial charge in [0.1, 0.15) is 6.04 Å². The first-order valence-electron chi connectivity index (χ1n) is 9.32. The fraction of sp³-hybridized carbons (Fsp3) is 0.579. The summed E-state index contributed by atoms with van der Waals surface area (Å²) in [6, 6.07) is 8.89. The Balaban J connectivity index is 0.00000243. The van der Waals surface area contributed by atoms with Crippen molar-refractivity contribution in [2.24, 2.45) is 0 Å². The van der Waals surface area contributed by atoms with Crippen molar-refractivity contribution < 1.29 is 9.59 Å². The zero-order valence-corrected chi connectivity index (χ0v) is 16.0. The van der Waals surface area contributed by atoms with Gasteiger partial charge >= 0.3 is 0 Å². The van der Waals surface area contributed by atoms with Crippen LogP contribution in [0.25, 0.3) is 0 Å². The summed E-state index contributed by atoms with van der Waals surface area (Å²) in [6.45, 7) is 6.60. The summed E-state index contributed by atoms with van der Waals surface area (Å²) in [5, 5.41) is 6.37. The molecule has 0 aliphatic carbocycles. The van der Waals surface area contributed by atoms with Crippen molar-refractivity contribution in [1.29, 1.82) is 0 Å². The molecule has 0 spiro atoms. The highest BCUT2D eigenvalue weighted by molar-refractivity contribution is 5.97. The Morgan fingerprint density at radius 2 is 1.85 bits per heavy atom. The molecule has 1 aromatic carbocycles. The Morgan fingerprint density at radius 1 is 1.12 bits per heavy atom. The molecule has 2 N–H and O–H groups in total. The molecule has 6 nitrogen and oxygen atoms in total. The van der Waals surface area contributed by atoms with Crippen LogP contribution in [0.15, 0.2) is 30.3 Å². The van der Waals surface area contributed by atoms with E-state index in [-0.39, 0.29) is 30.3 Å². The number of amides is 2.